The first-order chi connectivity index (χ1) is 10.6. The number of aromatic nitrogens is 3. The van der Waals surface area contributed by atoms with Crippen LogP contribution in [-0.2, 0) is 18.3 Å². The first kappa shape index (κ1) is 13.1. The zero-order valence-electron chi connectivity index (χ0n) is 12.1. The van der Waals surface area contributed by atoms with E-state index in [1.54, 1.807) is 10.9 Å². The number of aliphatic carboxylic acids is 1. The van der Waals surface area contributed by atoms with Gasteiger partial charge in [-0.15, -0.1) is 0 Å². The van der Waals surface area contributed by atoms with Crippen LogP contribution >= 0.6 is 0 Å². The van der Waals surface area contributed by atoms with E-state index in [0.29, 0.717) is 6.42 Å². The summed E-state index contributed by atoms with van der Waals surface area (Å²) in [6.45, 7) is 0. The van der Waals surface area contributed by atoms with Crippen molar-refractivity contribution in [2.45, 2.75) is 18.5 Å². The molecule has 1 aliphatic heterocycles. The maximum atomic E-state index is 11.5. The fraction of sp³-hybridized carbons (Fsp3) is 0.250. The lowest BCUT2D eigenvalue weighted by Crippen LogP contribution is -2.44. The van der Waals surface area contributed by atoms with Crippen molar-refractivity contribution in [1.29, 1.82) is 0 Å². The highest BCUT2D eigenvalue weighted by atomic mass is 16.4. The van der Waals surface area contributed by atoms with E-state index in [1.165, 1.54) is 0 Å². The maximum absolute atomic E-state index is 11.5. The minimum Gasteiger partial charge on any atom is -0.480 e. The Morgan fingerprint density at radius 3 is 2.95 bits per heavy atom. The van der Waals surface area contributed by atoms with Crippen molar-refractivity contribution in [2.75, 3.05) is 0 Å². The second-order valence-electron chi connectivity index (χ2n) is 5.70. The molecule has 6 nitrogen and oxygen atoms in total. The van der Waals surface area contributed by atoms with E-state index in [4.69, 9.17) is 0 Å². The first-order valence-electron chi connectivity index (χ1n) is 7.20. The molecule has 3 heterocycles. The number of benzene rings is 1. The molecule has 0 spiro atoms. The summed E-state index contributed by atoms with van der Waals surface area (Å²) in [7, 11) is 1.85. The predicted molar refractivity (Wildman–Crippen MR) is 81.6 cm³/mol. The molecule has 0 saturated carbocycles. The number of para-hydroxylation sites is 1. The molecule has 2 aromatic heterocycles. The van der Waals surface area contributed by atoms with Crippen LogP contribution in [0.15, 0.2) is 36.7 Å². The molecule has 0 fully saturated rings. The number of nitrogens with zero attached hydrogens (tertiary/aromatic N) is 2. The zero-order chi connectivity index (χ0) is 15.3. The molecule has 0 aliphatic carbocycles. The molecule has 6 heteroatoms. The van der Waals surface area contributed by atoms with E-state index in [-0.39, 0.29) is 6.04 Å². The Labute approximate surface area is 126 Å². The number of aromatic amines is 1. The summed E-state index contributed by atoms with van der Waals surface area (Å²) in [4.78, 5) is 15.0. The monoisotopic (exact) mass is 296 g/mol. The van der Waals surface area contributed by atoms with Gasteiger partial charge in [0.15, 0.2) is 0 Å². The van der Waals surface area contributed by atoms with E-state index < -0.39 is 12.0 Å². The number of carbonyl (C=O) groups is 1. The van der Waals surface area contributed by atoms with Crippen molar-refractivity contribution in [1.82, 2.24) is 20.1 Å². The van der Waals surface area contributed by atoms with Crippen LogP contribution in [0, 0.1) is 0 Å². The van der Waals surface area contributed by atoms with Gasteiger partial charge in [0.25, 0.3) is 0 Å². The number of aryl methyl sites for hydroxylation is 1. The van der Waals surface area contributed by atoms with Crippen LogP contribution in [-0.4, -0.2) is 31.9 Å². The van der Waals surface area contributed by atoms with Gasteiger partial charge >= 0.3 is 5.97 Å². The topological polar surface area (TPSA) is 82.9 Å². The van der Waals surface area contributed by atoms with E-state index in [0.717, 1.165) is 27.7 Å². The third-order valence-electron chi connectivity index (χ3n) is 4.27. The number of hydrogen-bond donors (Lipinski definition) is 3. The number of hydrogen-bond acceptors (Lipinski definition) is 3. The SMILES string of the molecule is Cn1cc([C@H]2N[C@H](C(=O)O)Cc3c2[nH]c2ccccc32)cn1. The Hall–Kier alpha value is -2.60. The minimum absolute atomic E-state index is 0.189. The van der Waals surface area contributed by atoms with Crippen LogP contribution in [0.1, 0.15) is 22.9 Å². The van der Waals surface area contributed by atoms with Gasteiger partial charge in [-0.2, -0.15) is 5.10 Å². The minimum atomic E-state index is -0.829. The van der Waals surface area contributed by atoms with E-state index in [9.17, 15) is 9.90 Å². The molecule has 112 valence electrons. The van der Waals surface area contributed by atoms with Crippen molar-refractivity contribution in [2.24, 2.45) is 7.05 Å². The number of carboxylic acid groups (broad SMARTS) is 1. The second-order valence-corrected chi connectivity index (χ2v) is 5.70. The van der Waals surface area contributed by atoms with E-state index in [2.05, 4.69) is 15.4 Å². The normalized spacial score (nSPS) is 21.0. The van der Waals surface area contributed by atoms with Crippen LogP contribution in [0.5, 0.6) is 0 Å². The Kier molecular flexibility index (Phi) is 2.80. The maximum Gasteiger partial charge on any atom is 0.321 e. The number of carboxylic acids is 1. The van der Waals surface area contributed by atoms with E-state index >= 15 is 0 Å². The van der Waals surface area contributed by atoms with Crippen LogP contribution < -0.4 is 5.32 Å². The van der Waals surface area contributed by atoms with Gasteiger partial charge in [-0.25, -0.2) is 0 Å². The second kappa shape index (κ2) is 4.71. The molecule has 0 amide bonds. The van der Waals surface area contributed by atoms with Gasteiger partial charge in [0, 0.05) is 41.8 Å². The fourth-order valence-corrected chi connectivity index (χ4v) is 3.25. The highest BCUT2D eigenvalue weighted by Crippen LogP contribution is 2.34. The lowest BCUT2D eigenvalue weighted by Gasteiger charge is -2.28. The van der Waals surface area contributed by atoms with Gasteiger partial charge < -0.3 is 10.1 Å². The van der Waals surface area contributed by atoms with Gasteiger partial charge in [-0.3, -0.25) is 14.8 Å². The number of rotatable bonds is 2. The molecule has 22 heavy (non-hydrogen) atoms. The molecule has 4 rings (SSSR count). The van der Waals surface area contributed by atoms with Crippen LogP contribution in [0.3, 0.4) is 0 Å². The quantitative estimate of drug-likeness (QED) is 0.670. The summed E-state index contributed by atoms with van der Waals surface area (Å²) >= 11 is 0. The largest absolute Gasteiger partial charge is 0.480 e. The van der Waals surface area contributed by atoms with Crippen LogP contribution in [0.2, 0.25) is 0 Å². The lowest BCUT2D eigenvalue weighted by molar-refractivity contribution is -0.139. The smallest absolute Gasteiger partial charge is 0.321 e. The Morgan fingerprint density at radius 2 is 2.23 bits per heavy atom. The molecule has 1 aliphatic rings. The standard InChI is InChI=1S/C16H16N4O2/c1-20-8-9(7-17-20)14-15-11(6-13(19-14)16(21)22)10-4-2-3-5-12(10)18-15/h2-5,7-8,13-14,18-19H,6H2,1H3,(H,21,22)/t13-,14+/m0/s1. The Bertz CT molecular complexity index is 864. The van der Waals surface area contributed by atoms with Crippen LogP contribution in [0.25, 0.3) is 10.9 Å². The van der Waals surface area contributed by atoms with Crippen molar-refractivity contribution < 1.29 is 9.90 Å². The highest BCUT2D eigenvalue weighted by molar-refractivity contribution is 5.87. The summed E-state index contributed by atoms with van der Waals surface area (Å²) in [5.41, 5.74) is 4.11. The van der Waals surface area contributed by atoms with Gasteiger partial charge in [0.2, 0.25) is 0 Å². The van der Waals surface area contributed by atoms with E-state index in [1.807, 2.05) is 37.5 Å². The molecular formula is C16H16N4O2. The Morgan fingerprint density at radius 1 is 1.41 bits per heavy atom. The van der Waals surface area contributed by atoms with Gasteiger partial charge in [-0.1, -0.05) is 18.2 Å². The van der Waals surface area contributed by atoms with Gasteiger partial charge in [-0.05, 0) is 11.6 Å². The predicted octanol–water partition coefficient (Wildman–Crippen LogP) is 1.59. The summed E-state index contributed by atoms with van der Waals surface area (Å²) < 4.78 is 1.73. The van der Waals surface area contributed by atoms with Crippen molar-refractivity contribution in [3.63, 3.8) is 0 Å². The first-order valence-corrected chi connectivity index (χ1v) is 7.20. The third-order valence-corrected chi connectivity index (χ3v) is 4.27. The summed E-state index contributed by atoms with van der Waals surface area (Å²) in [5.74, 6) is -0.829. The lowest BCUT2D eigenvalue weighted by atomic mass is 9.91. The average Bonchev–Trinajstić information content (AvgIpc) is 3.09. The zero-order valence-corrected chi connectivity index (χ0v) is 12.1. The molecule has 3 aromatic rings. The van der Waals surface area contributed by atoms with Crippen molar-refractivity contribution >= 4 is 16.9 Å². The molecule has 3 N–H and O–H groups in total. The molecule has 0 saturated heterocycles. The molecule has 1 aromatic carbocycles. The van der Waals surface area contributed by atoms with Crippen molar-refractivity contribution in [3.8, 4) is 0 Å². The van der Waals surface area contributed by atoms with Crippen molar-refractivity contribution in [3.05, 3.63) is 53.5 Å². The third kappa shape index (κ3) is 1.92. The summed E-state index contributed by atoms with van der Waals surface area (Å²) in [6, 6.07) is 7.22. The van der Waals surface area contributed by atoms with Crippen LogP contribution in [0.4, 0.5) is 0 Å². The summed E-state index contributed by atoms with van der Waals surface area (Å²) in [5, 5.41) is 18.0. The fourth-order valence-electron chi connectivity index (χ4n) is 3.25. The van der Waals surface area contributed by atoms with Gasteiger partial charge in [0.1, 0.15) is 6.04 Å². The molecular weight excluding hydrogens is 280 g/mol. The molecule has 0 radical (unpaired) electrons. The summed E-state index contributed by atoms with van der Waals surface area (Å²) in [6.07, 6.45) is 4.17. The number of fused-ring (bicyclic) bond motifs is 3. The molecule has 0 unspecified atom stereocenters. The number of H-pyrrole nitrogens is 1. The molecule has 0 bridgehead atoms. The number of nitrogens with one attached hydrogen (secondary N) is 2. The molecule has 2 atom stereocenters. The highest BCUT2D eigenvalue weighted by Gasteiger charge is 2.34. The van der Waals surface area contributed by atoms with Gasteiger partial charge in [0.05, 0.1) is 12.2 Å². The Balaban J connectivity index is 1.91. The average molecular weight is 296 g/mol.